The van der Waals surface area contributed by atoms with Gasteiger partial charge >= 0.3 is 18.3 Å². The minimum atomic E-state index is -4.84. The van der Waals surface area contributed by atoms with Crippen molar-refractivity contribution in [3.8, 4) is 0 Å². The Kier molecular flexibility index (Phi) is 7.35. The molecule has 31 heavy (non-hydrogen) atoms. The summed E-state index contributed by atoms with van der Waals surface area (Å²) >= 11 is 0. The van der Waals surface area contributed by atoms with E-state index in [-0.39, 0.29) is 16.8 Å². The number of alkyl halides is 6. The lowest BCUT2D eigenvalue weighted by Crippen LogP contribution is -2.17. The average molecular weight is 446 g/mol. The van der Waals surface area contributed by atoms with Crippen LogP contribution in [0.1, 0.15) is 39.5 Å². The Labute approximate surface area is 175 Å². The number of nitrogens with zero attached hydrogens (tertiary/aromatic N) is 2. The molecule has 10 heteroatoms. The smallest absolute Gasteiger partial charge is 0.417 e. The van der Waals surface area contributed by atoms with Crippen molar-refractivity contribution >= 4 is 18.0 Å². The van der Waals surface area contributed by atoms with Crippen LogP contribution in [-0.4, -0.2) is 30.8 Å². The van der Waals surface area contributed by atoms with Gasteiger partial charge in [0.2, 0.25) is 0 Å². The quantitative estimate of drug-likeness (QED) is 0.237. The van der Waals surface area contributed by atoms with E-state index in [9.17, 15) is 31.1 Å². The molecule has 0 aliphatic heterocycles. The predicted molar refractivity (Wildman–Crippen MR) is 103 cm³/mol. The SMILES string of the molecule is CCN(C)C=Nc1ccc(C(=O)OCc2ccc(C(F)(F)F)cc2)c(C(F)(F)F)c1C. The molecule has 0 fully saturated rings. The number of esters is 1. The Balaban J connectivity index is 2.27. The van der Waals surface area contributed by atoms with Crippen molar-refractivity contribution in [3.63, 3.8) is 0 Å². The highest BCUT2D eigenvalue weighted by molar-refractivity contribution is 5.92. The van der Waals surface area contributed by atoms with Gasteiger partial charge in [-0.25, -0.2) is 9.79 Å². The molecule has 0 unspecified atom stereocenters. The Morgan fingerprint density at radius 2 is 1.65 bits per heavy atom. The molecule has 0 bridgehead atoms. The molecular weight excluding hydrogens is 426 g/mol. The second-order valence-corrected chi connectivity index (χ2v) is 6.72. The summed E-state index contributed by atoms with van der Waals surface area (Å²) in [5.74, 6) is -1.24. The van der Waals surface area contributed by atoms with Gasteiger partial charge in [0.1, 0.15) is 6.61 Å². The maximum atomic E-state index is 13.7. The van der Waals surface area contributed by atoms with Gasteiger partial charge in [-0.2, -0.15) is 26.3 Å². The molecule has 0 saturated carbocycles. The van der Waals surface area contributed by atoms with E-state index in [2.05, 4.69) is 4.99 Å². The molecule has 0 amide bonds. The van der Waals surface area contributed by atoms with Crippen molar-refractivity contribution in [3.05, 3.63) is 64.2 Å². The molecule has 2 aromatic carbocycles. The first-order valence-corrected chi connectivity index (χ1v) is 9.13. The largest absolute Gasteiger partial charge is 0.457 e. The fourth-order valence-corrected chi connectivity index (χ4v) is 2.63. The second kappa shape index (κ2) is 9.40. The summed E-state index contributed by atoms with van der Waals surface area (Å²) in [4.78, 5) is 18.0. The van der Waals surface area contributed by atoms with Crippen molar-refractivity contribution in [2.45, 2.75) is 32.8 Å². The first kappa shape index (κ1) is 24.2. The number of hydrogen-bond donors (Lipinski definition) is 0. The molecule has 2 rings (SSSR count). The standard InChI is InChI=1S/C21H20F6N2O2/c1-4-29(3)12-28-17-10-9-16(18(13(17)2)21(25,26)27)19(30)31-11-14-5-7-15(8-6-14)20(22,23)24/h5-10,12H,4,11H2,1-3H3. The Bertz CT molecular complexity index is 950. The topological polar surface area (TPSA) is 41.9 Å². The minimum absolute atomic E-state index is 0.0481. The average Bonchev–Trinajstić information content (AvgIpc) is 2.69. The second-order valence-electron chi connectivity index (χ2n) is 6.72. The van der Waals surface area contributed by atoms with Crippen LogP contribution in [-0.2, 0) is 23.7 Å². The summed E-state index contributed by atoms with van der Waals surface area (Å²) in [7, 11) is 1.70. The highest BCUT2D eigenvalue weighted by atomic mass is 19.4. The van der Waals surface area contributed by atoms with E-state index in [0.29, 0.717) is 6.54 Å². The number of ether oxygens (including phenoxy) is 1. The van der Waals surface area contributed by atoms with E-state index in [0.717, 1.165) is 30.3 Å². The van der Waals surface area contributed by atoms with Crippen LogP contribution in [0.25, 0.3) is 0 Å². The van der Waals surface area contributed by atoms with Gasteiger partial charge < -0.3 is 9.64 Å². The fraction of sp³-hybridized carbons (Fsp3) is 0.333. The third kappa shape index (κ3) is 6.22. The van der Waals surface area contributed by atoms with Crippen LogP contribution < -0.4 is 0 Å². The van der Waals surface area contributed by atoms with Gasteiger partial charge in [0, 0.05) is 13.6 Å². The molecule has 0 saturated heterocycles. The van der Waals surface area contributed by atoms with Gasteiger partial charge in [-0.15, -0.1) is 0 Å². The summed E-state index contributed by atoms with van der Waals surface area (Å²) in [6, 6.07) is 6.04. The van der Waals surface area contributed by atoms with E-state index in [1.54, 1.807) is 11.9 Å². The molecule has 0 aliphatic carbocycles. The molecule has 0 N–H and O–H groups in total. The molecule has 0 radical (unpaired) electrons. The Hall–Kier alpha value is -3.04. The maximum absolute atomic E-state index is 13.7. The van der Waals surface area contributed by atoms with Gasteiger partial charge in [-0.05, 0) is 49.2 Å². The highest BCUT2D eigenvalue weighted by Crippen LogP contribution is 2.38. The minimum Gasteiger partial charge on any atom is -0.457 e. The Morgan fingerprint density at radius 3 is 2.16 bits per heavy atom. The Morgan fingerprint density at radius 1 is 1.03 bits per heavy atom. The summed E-state index contributed by atoms with van der Waals surface area (Å²) in [5, 5.41) is 0. The van der Waals surface area contributed by atoms with Gasteiger partial charge in [0.05, 0.1) is 28.7 Å². The number of carbonyl (C=O) groups is 1. The summed E-state index contributed by atoms with van der Waals surface area (Å²) in [5.41, 5.74) is -2.74. The molecule has 0 atom stereocenters. The first-order chi connectivity index (χ1) is 14.3. The number of carbonyl (C=O) groups excluding carboxylic acids is 1. The lowest BCUT2D eigenvalue weighted by molar-refractivity contribution is -0.139. The van der Waals surface area contributed by atoms with Crippen molar-refractivity contribution in [1.82, 2.24) is 4.90 Å². The van der Waals surface area contributed by atoms with E-state index >= 15 is 0 Å². The van der Waals surface area contributed by atoms with Gasteiger partial charge in [-0.1, -0.05) is 12.1 Å². The zero-order chi connectivity index (χ0) is 23.4. The number of aliphatic imine (C=N–C) groups is 1. The monoisotopic (exact) mass is 446 g/mol. The van der Waals surface area contributed by atoms with Crippen LogP contribution in [0.4, 0.5) is 32.0 Å². The van der Waals surface area contributed by atoms with Crippen molar-refractivity contribution in [2.24, 2.45) is 4.99 Å². The van der Waals surface area contributed by atoms with Crippen LogP contribution in [0, 0.1) is 6.92 Å². The van der Waals surface area contributed by atoms with Crippen molar-refractivity contribution in [2.75, 3.05) is 13.6 Å². The summed E-state index contributed by atoms with van der Waals surface area (Å²) in [6.45, 7) is 3.17. The molecule has 168 valence electrons. The maximum Gasteiger partial charge on any atom is 0.417 e. The molecule has 0 spiro atoms. The van der Waals surface area contributed by atoms with Gasteiger partial charge in [0.15, 0.2) is 0 Å². The number of hydrogen-bond acceptors (Lipinski definition) is 3. The fourth-order valence-electron chi connectivity index (χ4n) is 2.63. The van der Waals surface area contributed by atoms with E-state index in [4.69, 9.17) is 4.74 Å². The van der Waals surface area contributed by atoms with Crippen LogP contribution in [0.15, 0.2) is 41.4 Å². The van der Waals surface area contributed by atoms with Crippen LogP contribution in [0.3, 0.4) is 0 Å². The normalized spacial score (nSPS) is 12.3. The zero-order valence-corrected chi connectivity index (χ0v) is 16.9. The lowest BCUT2D eigenvalue weighted by Gasteiger charge is -2.17. The third-order valence-corrected chi connectivity index (χ3v) is 4.48. The van der Waals surface area contributed by atoms with Crippen LogP contribution in [0.2, 0.25) is 0 Å². The molecule has 0 aromatic heterocycles. The van der Waals surface area contributed by atoms with Crippen molar-refractivity contribution in [1.29, 1.82) is 0 Å². The molecule has 2 aromatic rings. The van der Waals surface area contributed by atoms with E-state index in [1.165, 1.54) is 19.3 Å². The summed E-state index contributed by atoms with van der Waals surface area (Å²) < 4.78 is 83.7. The van der Waals surface area contributed by atoms with Crippen LogP contribution >= 0.6 is 0 Å². The molecule has 0 aliphatic rings. The van der Waals surface area contributed by atoms with E-state index < -0.39 is 41.6 Å². The zero-order valence-electron chi connectivity index (χ0n) is 16.9. The summed E-state index contributed by atoms with van der Waals surface area (Å²) in [6.07, 6.45) is -7.98. The predicted octanol–water partition coefficient (Wildman–Crippen LogP) is 6.00. The van der Waals surface area contributed by atoms with E-state index in [1.807, 2.05) is 6.92 Å². The number of halogens is 6. The molecular formula is C21H20F6N2O2. The first-order valence-electron chi connectivity index (χ1n) is 9.13. The van der Waals surface area contributed by atoms with Crippen molar-refractivity contribution < 1.29 is 35.9 Å². The highest BCUT2D eigenvalue weighted by Gasteiger charge is 2.38. The lowest BCUT2D eigenvalue weighted by atomic mass is 9.99. The van der Waals surface area contributed by atoms with Gasteiger partial charge in [-0.3, -0.25) is 0 Å². The number of rotatable bonds is 6. The molecule has 4 nitrogen and oxygen atoms in total. The third-order valence-electron chi connectivity index (χ3n) is 4.48. The number of benzene rings is 2. The van der Waals surface area contributed by atoms with Crippen LogP contribution in [0.5, 0.6) is 0 Å². The molecule has 0 heterocycles. The van der Waals surface area contributed by atoms with Gasteiger partial charge in [0.25, 0.3) is 0 Å².